The molecule has 6 heteroatoms. The second kappa shape index (κ2) is 5.29. The normalized spacial score (nSPS) is 10.4. The minimum absolute atomic E-state index is 0.339. The lowest BCUT2D eigenvalue weighted by atomic mass is 10.1. The van der Waals surface area contributed by atoms with Gasteiger partial charge in [-0.05, 0) is 18.2 Å². The predicted octanol–water partition coefficient (Wildman–Crippen LogP) is 2.29. The molecule has 1 aromatic carbocycles. The first kappa shape index (κ1) is 12.1. The molecule has 1 aromatic heterocycles. The van der Waals surface area contributed by atoms with Gasteiger partial charge in [0.1, 0.15) is 11.6 Å². The van der Waals surface area contributed by atoms with E-state index in [0.29, 0.717) is 22.1 Å². The molecule has 2 aromatic rings. The van der Waals surface area contributed by atoms with Crippen molar-refractivity contribution in [1.29, 1.82) is 0 Å². The van der Waals surface area contributed by atoms with Crippen LogP contribution in [0.2, 0.25) is 0 Å². The SMILES string of the molecule is C#Cc1ccc(C=NNc2nc(N)cs2)c(F)c1. The van der Waals surface area contributed by atoms with Gasteiger partial charge in [0.15, 0.2) is 0 Å². The van der Waals surface area contributed by atoms with Crippen LogP contribution >= 0.6 is 11.3 Å². The molecular formula is C12H9FN4S. The average Bonchev–Trinajstić information content (AvgIpc) is 2.77. The number of hydrogen-bond acceptors (Lipinski definition) is 5. The third-order valence-electron chi connectivity index (χ3n) is 2.05. The van der Waals surface area contributed by atoms with Crippen LogP contribution in [0.5, 0.6) is 0 Å². The van der Waals surface area contributed by atoms with Crippen LogP contribution in [-0.4, -0.2) is 11.2 Å². The number of hydrazone groups is 1. The molecule has 3 N–H and O–H groups in total. The minimum Gasteiger partial charge on any atom is -0.383 e. The van der Waals surface area contributed by atoms with E-state index >= 15 is 0 Å². The number of thiazole rings is 1. The van der Waals surface area contributed by atoms with Crippen LogP contribution in [0, 0.1) is 18.2 Å². The molecule has 0 spiro atoms. The summed E-state index contributed by atoms with van der Waals surface area (Å²) in [4.78, 5) is 3.94. The Bertz CT molecular complexity index is 627. The van der Waals surface area contributed by atoms with Gasteiger partial charge in [-0.3, -0.25) is 5.43 Å². The van der Waals surface area contributed by atoms with Gasteiger partial charge >= 0.3 is 0 Å². The molecule has 0 radical (unpaired) electrons. The second-order valence-electron chi connectivity index (χ2n) is 3.33. The molecule has 0 aliphatic heterocycles. The first-order valence-corrected chi connectivity index (χ1v) is 5.83. The van der Waals surface area contributed by atoms with E-state index in [0.717, 1.165) is 0 Å². The number of rotatable bonds is 3. The average molecular weight is 260 g/mol. The Labute approximate surface area is 107 Å². The van der Waals surface area contributed by atoms with Gasteiger partial charge in [0, 0.05) is 16.5 Å². The number of terminal acetylenes is 1. The van der Waals surface area contributed by atoms with Gasteiger partial charge in [0.2, 0.25) is 5.13 Å². The summed E-state index contributed by atoms with van der Waals surface area (Å²) in [7, 11) is 0. The van der Waals surface area contributed by atoms with Crippen LogP contribution in [0.15, 0.2) is 28.7 Å². The summed E-state index contributed by atoms with van der Waals surface area (Å²) in [5.74, 6) is 2.35. The number of benzene rings is 1. The van der Waals surface area contributed by atoms with Crippen molar-refractivity contribution in [2.24, 2.45) is 5.10 Å². The third-order valence-corrected chi connectivity index (χ3v) is 2.82. The molecule has 0 atom stereocenters. The van der Waals surface area contributed by atoms with Gasteiger partial charge in [-0.1, -0.05) is 5.92 Å². The van der Waals surface area contributed by atoms with Crippen LogP contribution in [0.1, 0.15) is 11.1 Å². The van der Waals surface area contributed by atoms with E-state index in [1.54, 1.807) is 17.5 Å². The monoisotopic (exact) mass is 260 g/mol. The van der Waals surface area contributed by atoms with E-state index < -0.39 is 5.82 Å². The fourth-order valence-electron chi connectivity index (χ4n) is 1.22. The lowest BCUT2D eigenvalue weighted by Crippen LogP contribution is -1.94. The lowest BCUT2D eigenvalue weighted by Gasteiger charge is -1.97. The van der Waals surface area contributed by atoms with Crippen LogP contribution in [0.25, 0.3) is 0 Å². The highest BCUT2D eigenvalue weighted by molar-refractivity contribution is 7.14. The summed E-state index contributed by atoms with van der Waals surface area (Å²) >= 11 is 1.31. The van der Waals surface area contributed by atoms with Crippen molar-refractivity contribution in [3.63, 3.8) is 0 Å². The summed E-state index contributed by atoms with van der Waals surface area (Å²) in [6.07, 6.45) is 6.52. The van der Waals surface area contributed by atoms with E-state index in [1.807, 2.05) is 0 Å². The van der Waals surface area contributed by atoms with Crippen molar-refractivity contribution < 1.29 is 4.39 Å². The largest absolute Gasteiger partial charge is 0.383 e. The van der Waals surface area contributed by atoms with Gasteiger partial charge in [-0.15, -0.1) is 17.8 Å². The van der Waals surface area contributed by atoms with Crippen LogP contribution in [0.4, 0.5) is 15.3 Å². The van der Waals surface area contributed by atoms with E-state index in [9.17, 15) is 4.39 Å². The molecule has 0 aliphatic rings. The van der Waals surface area contributed by atoms with Crippen molar-refractivity contribution in [3.05, 3.63) is 40.5 Å². The fourth-order valence-corrected chi connectivity index (χ4v) is 1.76. The zero-order valence-corrected chi connectivity index (χ0v) is 10.0. The number of nitrogens with one attached hydrogen (secondary N) is 1. The number of anilines is 2. The number of hydrogen-bond donors (Lipinski definition) is 2. The Hall–Kier alpha value is -2.39. The molecule has 2 rings (SSSR count). The molecule has 0 fully saturated rings. The van der Waals surface area contributed by atoms with Crippen molar-refractivity contribution in [2.75, 3.05) is 11.2 Å². The highest BCUT2D eigenvalue weighted by atomic mass is 32.1. The minimum atomic E-state index is -0.422. The maximum atomic E-state index is 13.5. The lowest BCUT2D eigenvalue weighted by molar-refractivity contribution is 0.625. The number of aromatic nitrogens is 1. The van der Waals surface area contributed by atoms with E-state index in [-0.39, 0.29) is 0 Å². The molecule has 1 heterocycles. The van der Waals surface area contributed by atoms with Crippen molar-refractivity contribution in [3.8, 4) is 12.3 Å². The second-order valence-corrected chi connectivity index (χ2v) is 4.19. The van der Waals surface area contributed by atoms with Crippen molar-refractivity contribution in [1.82, 2.24) is 4.98 Å². The third kappa shape index (κ3) is 2.84. The summed E-state index contributed by atoms with van der Waals surface area (Å²) in [5.41, 5.74) is 8.94. The molecule has 0 unspecified atom stereocenters. The number of nitrogen functional groups attached to an aromatic ring is 1. The number of halogens is 1. The smallest absolute Gasteiger partial charge is 0.205 e. The van der Waals surface area contributed by atoms with Crippen LogP contribution < -0.4 is 11.2 Å². The standard InChI is InChI=1S/C12H9FN4S/c1-2-8-3-4-9(10(13)5-8)6-15-17-12-16-11(14)7-18-12/h1,3-7H,14H2,(H,16,17). The molecular weight excluding hydrogens is 251 g/mol. The Morgan fingerprint density at radius 3 is 3.00 bits per heavy atom. The molecule has 0 aliphatic carbocycles. The molecule has 18 heavy (non-hydrogen) atoms. The van der Waals surface area contributed by atoms with Crippen molar-refractivity contribution >= 4 is 28.5 Å². The Balaban J connectivity index is 2.07. The predicted molar refractivity (Wildman–Crippen MR) is 72.1 cm³/mol. The van der Waals surface area contributed by atoms with Gasteiger partial charge in [-0.2, -0.15) is 5.10 Å². The molecule has 90 valence electrons. The summed E-state index contributed by atoms with van der Waals surface area (Å²) in [6.45, 7) is 0. The van der Waals surface area contributed by atoms with E-state index in [4.69, 9.17) is 12.2 Å². The van der Waals surface area contributed by atoms with Crippen LogP contribution in [-0.2, 0) is 0 Å². The van der Waals surface area contributed by atoms with Crippen LogP contribution in [0.3, 0.4) is 0 Å². The first-order chi connectivity index (χ1) is 8.69. The quantitative estimate of drug-likeness (QED) is 0.505. The molecule has 0 saturated carbocycles. The molecule has 0 saturated heterocycles. The van der Waals surface area contributed by atoms with Crippen molar-refractivity contribution in [2.45, 2.75) is 0 Å². The maximum absolute atomic E-state index is 13.5. The van der Waals surface area contributed by atoms with Gasteiger partial charge in [-0.25, -0.2) is 9.37 Å². The maximum Gasteiger partial charge on any atom is 0.205 e. The number of nitrogens with two attached hydrogens (primary N) is 1. The Morgan fingerprint density at radius 2 is 2.39 bits per heavy atom. The fraction of sp³-hybridized carbons (Fsp3) is 0. The number of nitrogens with zero attached hydrogens (tertiary/aromatic N) is 2. The van der Waals surface area contributed by atoms with E-state index in [1.165, 1.54) is 23.6 Å². The Kier molecular flexibility index (Phi) is 3.55. The molecule has 0 bridgehead atoms. The summed E-state index contributed by atoms with van der Waals surface area (Å²) < 4.78 is 13.5. The summed E-state index contributed by atoms with van der Waals surface area (Å²) in [5, 5.41) is 6.09. The van der Waals surface area contributed by atoms with E-state index in [2.05, 4.69) is 21.4 Å². The van der Waals surface area contributed by atoms with Gasteiger partial charge in [0.05, 0.1) is 6.21 Å². The topological polar surface area (TPSA) is 63.3 Å². The molecule has 4 nitrogen and oxygen atoms in total. The van der Waals surface area contributed by atoms with Gasteiger partial charge in [0.25, 0.3) is 0 Å². The molecule has 0 amide bonds. The zero-order chi connectivity index (χ0) is 13.0. The van der Waals surface area contributed by atoms with Gasteiger partial charge < -0.3 is 5.73 Å². The zero-order valence-electron chi connectivity index (χ0n) is 9.22. The first-order valence-electron chi connectivity index (χ1n) is 4.95. The highest BCUT2D eigenvalue weighted by Crippen LogP contribution is 2.16. The summed E-state index contributed by atoms with van der Waals surface area (Å²) in [6, 6.07) is 4.49. The Morgan fingerprint density at radius 1 is 1.56 bits per heavy atom. The highest BCUT2D eigenvalue weighted by Gasteiger charge is 2.00.